The van der Waals surface area contributed by atoms with Crippen LogP contribution in [-0.4, -0.2) is 11.8 Å². The van der Waals surface area contributed by atoms with Gasteiger partial charge in [0.15, 0.2) is 0 Å². The van der Waals surface area contributed by atoms with Gasteiger partial charge in [0.1, 0.15) is 11.5 Å². The molecule has 2 bridgehead atoms. The first-order valence-corrected chi connectivity index (χ1v) is 8.61. The fraction of sp³-hybridized carbons (Fsp3) is 0.238. The van der Waals surface area contributed by atoms with E-state index in [2.05, 4.69) is 12.2 Å². The van der Waals surface area contributed by atoms with E-state index in [0.717, 1.165) is 12.2 Å². The van der Waals surface area contributed by atoms with Gasteiger partial charge in [-0.05, 0) is 54.7 Å². The van der Waals surface area contributed by atoms with Gasteiger partial charge in [-0.15, -0.1) is 0 Å². The highest BCUT2D eigenvalue weighted by Crippen LogP contribution is 2.53. The molecule has 4 nitrogen and oxygen atoms in total. The SMILES string of the molecule is O=C1[C@@H]2[C@H](C(=O)N1c1ccc(Oc3ccccc3)cc1)[C@@H]1C=C[C@@H]2C1. The molecule has 1 heterocycles. The largest absolute Gasteiger partial charge is 0.457 e. The number of allylic oxidation sites excluding steroid dienone is 2. The van der Waals surface area contributed by atoms with Gasteiger partial charge in [0.05, 0.1) is 17.5 Å². The Morgan fingerprint density at radius 2 is 1.32 bits per heavy atom. The average Bonchev–Trinajstić information content (AvgIpc) is 3.31. The van der Waals surface area contributed by atoms with Crippen molar-refractivity contribution < 1.29 is 14.3 Å². The summed E-state index contributed by atoms with van der Waals surface area (Å²) >= 11 is 0. The summed E-state index contributed by atoms with van der Waals surface area (Å²) in [5.74, 6) is 1.46. The predicted octanol–water partition coefficient (Wildman–Crippen LogP) is 3.79. The summed E-state index contributed by atoms with van der Waals surface area (Å²) in [5, 5.41) is 0. The van der Waals surface area contributed by atoms with Crippen LogP contribution < -0.4 is 9.64 Å². The second kappa shape index (κ2) is 5.31. The summed E-state index contributed by atoms with van der Waals surface area (Å²) in [5.41, 5.74) is 0.629. The van der Waals surface area contributed by atoms with E-state index in [0.29, 0.717) is 11.4 Å². The van der Waals surface area contributed by atoms with Crippen molar-refractivity contribution in [2.24, 2.45) is 23.7 Å². The van der Waals surface area contributed by atoms with Gasteiger partial charge in [-0.1, -0.05) is 30.4 Å². The zero-order valence-corrected chi connectivity index (χ0v) is 13.5. The number of carbonyl (C=O) groups excluding carboxylic acids is 2. The third-order valence-corrected chi connectivity index (χ3v) is 5.54. The Labute approximate surface area is 145 Å². The van der Waals surface area contributed by atoms with Crippen LogP contribution in [0.1, 0.15) is 6.42 Å². The van der Waals surface area contributed by atoms with Gasteiger partial charge in [0.25, 0.3) is 0 Å². The van der Waals surface area contributed by atoms with E-state index in [4.69, 9.17) is 4.74 Å². The molecule has 0 spiro atoms. The van der Waals surface area contributed by atoms with Gasteiger partial charge in [0.2, 0.25) is 11.8 Å². The maximum atomic E-state index is 12.8. The molecule has 2 aromatic carbocycles. The molecule has 3 aliphatic rings. The summed E-state index contributed by atoms with van der Waals surface area (Å²) in [6, 6.07) is 16.7. The van der Waals surface area contributed by atoms with Crippen LogP contribution >= 0.6 is 0 Å². The average molecular weight is 331 g/mol. The molecule has 1 saturated heterocycles. The van der Waals surface area contributed by atoms with Gasteiger partial charge in [0, 0.05) is 0 Å². The Bertz CT molecular complexity index is 842. The molecule has 4 atom stereocenters. The van der Waals surface area contributed by atoms with Crippen LogP contribution in [0.2, 0.25) is 0 Å². The zero-order chi connectivity index (χ0) is 17.0. The lowest BCUT2D eigenvalue weighted by Gasteiger charge is -2.17. The highest BCUT2D eigenvalue weighted by molar-refractivity contribution is 6.22. The number of hydrogen-bond donors (Lipinski definition) is 0. The minimum Gasteiger partial charge on any atom is -0.457 e. The Morgan fingerprint density at radius 1 is 0.760 bits per heavy atom. The van der Waals surface area contributed by atoms with E-state index < -0.39 is 0 Å². The van der Waals surface area contributed by atoms with Crippen molar-refractivity contribution >= 4 is 17.5 Å². The minimum atomic E-state index is -0.164. The maximum Gasteiger partial charge on any atom is 0.238 e. The smallest absolute Gasteiger partial charge is 0.238 e. The molecule has 1 aliphatic heterocycles. The Hall–Kier alpha value is -2.88. The normalized spacial score (nSPS) is 29.4. The lowest BCUT2D eigenvalue weighted by molar-refractivity contribution is -0.123. The van der Waals surface area contributed by atoms with E-state index in [1.54, 1.807) is 24.3 Å². The number of nitrogens with zero attached hydrogens (tertiary/aromatic N) is 1. The number of ether oxygens (including phenoxy) is 1. The monoisotopic (exact) mass is 331 g/mol. The maximum absolute atomic E-state index is 12.8. The van der Waals surface area contributed by atoms with Crippen molar-refractivity contribution in [3.05, 3.63) is 66.7 Å². The number of benzene rings is 2. The zero-order valence-electron chi connectivity index (χ0n) is 13.5. The van der Waals surface area contributed by atoms with Gasteiger partial charge in [-0.2, -0.15) is 0 Å². The van der Waals surface area contributed by atoms with Crippen molar-refractivity contribution in [1.82, 2.24) is 0 Å². The van der Waals surface area contributed by atoms with E-state index in [9.17, 15) is 9.59 Å². The highest BCUT2D eigenvalue weighted by Gasteiger charge is 2.59. The lowest BCUT2D eigenvalue weighted by atomic mass is 9.85. The van der Waals surface area contributed by atoms with E-state index >= 15 is 0 Å². The predicted molar refractivity (Wildman–Crippen MR) is 93.2 cm³/mol. The second-order valence-corrected chi connectivity index (χ2v) is 6.92. The number of hydrogen-bond acceptors (Lipinski definition) is 3. The van der Waals surface area contributed by atoms with Crippen molar-refractivity contribution in [1.29, 1.82) is 0 Å². The lowest BCUT2D eigenvalue weighted by Crippen LogP contribution is -2.32. The topological polar surface area (TPSA) is 46.6 Å². The fourth-order valence-corrected chi connectivity index (χ4v) is 4.44. The quantitative estimate of drug-likeness (QED) is 0.635. The molecule has 2 fully saturated rings. The Morgan fingerprint density at radius 3 is 1.92 bits per heavy atom. The van der Waals surface area contributed by atoms with Crippen molar-refractivity contribution in [2.45, 2.75) is 6.42 Å². The standard InChI is InChI=1S/C21H17NO3/c23-20-18-13-6-7-14(12-13)19(18)21(24)22(20)15-8-10-17(11-9-15)25-16-4-2-1-3-5-16/h1-11,13-14,18-19H,12H2/t13-,14-,18-,19+/m1/s1. The van der Waals surface area contributed by atoms with Crippen LogP contribution in [0.4, 0.5) is 5.69 Å². The fourth-order valence-electron chi connectivity index (χ4n) is 4.44. The first-order valence-electron chi connectivity index (χ1n) is 8.61. The number of fused-ring (bicyclic) bond motifs is 5. The molecule has 0 radical (unpaired) electrons. The molecular weight excluding hydrogens is 314 g/mol. The molecule has 0 unspecified atom stereocenters. The Balaban J connectivity index is 1.39. The molecule has 2 aromatic rings. The molecule has 0 N–H and O–H groups in total. The summed E-state index contributed by atoms with van der Waals surface area (Å²) < 4.78 is 5.77. The van der Waals surface area contributed by atoms with Gasteiger partial charge >= 0.3 is 0 Å². The molecule has 2 amide bonds. The van der Waals surface area contributed by atoms with Crippen molar-refractivity contribution in [2.75, 3.05) is 4.90 Å². The molecule has 0 aromatic heterocycles. The van der Waals surface area contributed by atoms with Crippen LogP contribution in [0.5, 0.6) is 11.5 Å². The summed E-state index contributed by atoms with van der Waals surface area (Å²) in [6.45, 7) is 0. The molecule has 25 heavy (non-hydrogen) atoms. The highest BCUT2D eigenvalue weighted by atomic mass is 16.5. The van der Waals surface area contributed by atoms with Crippen LogP contribution in [0.15, 0.2) is 66.7 Å². The molecule has 1 saturated carbocycles. The number of carbonyl (C=O) groups is 2. The van der Waals surface area contributed by atoms with E-state index in [1.165, 1.54) is 4.90 Å². The molecule has 2 aliphatic carbocycles. The number of para-hydroxylation sites is 1. The summed E-state index contributed by atoms with van der Waals surface area (Å²) in [6.07, 6.45) is 5.17. The third-order valence-electron chi connectivity index (χ3n) is 5.54. The molecule has 5 rings (SSSR count). The van der Waals surface area contributed by atoms with Gasteiger partial charge in [-0.25, -0.2) is 0 Å². The van der Waals surface area contributed by atoms with Crippen molar-refractivity contribution in [3.63, 3.8) is 0 Å². The van der Waals surface area contributed by atoms with Crippen LogP contribution in [0.25, 0.3) is 0 Å². The van der Waals surface area contributed by atoms with Gasteiger partial charge in [-0.3, -0.25) is 14.5 Å². The molecule has 4 heteroatoms. The van der Waals surface area contributed by atoms with E-state index in [1.807, 2.05) is 30.3 Å². The van der Waals surface area contributed by atoms with Gasteiger partial charge < -0.3 is 4.74 Å². The van der Waals surface area contributed by atoms with Crippen LogP contribution in [-0.2, 0) is 9.59 Å². The molecule has 124 valence electrons. The summed E-state index contributed by atoms with van der Waals surface area (Å²) in [4.78, 5) is 27.0. The number of imide groups is 1. The number of rotatable bonds is 3. The van der Waals surface area contributed by atoms with Crippen molar-refractivity contribution in [3.8, 4) is 11.5 Å². The second-order valence-electron chi connectivity index (χ2n) is 6.92. The number of amides is 2. The summed E-state index contributed by atoms with van der Waals surface area (Å²) in [7, 11) is 0. The third kappa shape index (κ3) is 2.14. The first kappa shape index (κ1) is 14.5. The molecular formula is C21H17NO3. The number of anilines is 1. The first-order chi connectivity index (χ1) is 12.2. The van der Waals surface area contributed by atoms with Crippen LogP contribution in [0, 0.1) is 23.7 Å². The minimum absolute atomic E-state index is 0.0522. The van der Waals surface area contributed by atoms with E-state index in [-0.39, 0.29) is 35.5 Å². The Kier molecular flexibility index (Phi) is 3.07. The van der Waals surface area contributed by atoms with Crippen LogP contribution in [0.3, 0.4) is 0 Å².